The predicted molar refractivity (Wildman–Crippen MR) is 81.8 cm³/mol. The second-order valence-corrected chi connectivity index (χ2v) is 5.21. The molecule has 1 atom stereocenters. The van der Waals surface area contributed by atoms with E-state index in [0.717, 1.165) is 12.1 Å². The molecule has 0 radical (unpaired) electrons. The van der Waals surface area contributed by atoms with Crippen LogP contribution < -0.4 is 5.73 Å². The van der Waals surface area contributed by atoms with Crippen molar-refractivity contribution in [2.75, 3.05) is 7.05 Å². The molecule has 0 saturated carbocycles. The number of nitrogens with zero attached hydrogens (tertiary/aromatic N) is 1. The Labute approximate surface area is 132 Å². The number of nitrogens with two attached hydrogens (primary N) is 1. The summed E-state index contributed by atoms with van der Waals surface area (Å²) in [7, 11) is 1.57. The first kappa shape index (κ1) is 16.6. The van der Waals surface area contributed by atoms with Crippen LogP contribution in [0.2, 0.25) is 0 Å². The van der Waals surface area contributed by atoms with E-state index in [4.69, 9.17) is 5.73 Å². The lowest BCUT2D eigenvalue weighted by Gasteiger charge is -2.25. The van der Waals surface area contributed by atoms with Crippen LogP contribution in [0.4, 0.5) is 8.78 Å². The lowest BCUT2D eigenvalue weighted by atomic mass is 10.1. The van der Waals surface area contributed by atoms with Gasteiger partial charge in [0.25, 0.3) is 5.91 Å². The maximum Gasteiger partial charge on any atom is 0.254 e. The Morgan fingerprint density at radius 3 is 2.09 bits per heavy atom. The Bertz CT molecular complexity index is 745. The molecule has 2 aromatic rings. The number of amides is 2. The molecule has 0 aliphatic rings. The van der Waals surface area contributed by atoms with Gasteiger partial charge in [0.2, 0.25) is 5.91 Å². The monoisotopic (exact) mass is 318 g/mol. The van der Waals surface area contributed by atoms with Crippen LogP contribution in [0.15, 0.2) is 42.5 Å². The molecule has 0 aliphatic carbocycles. The Hall–Kier alpha value is -2.76. The molecule has 0 aromatic heterocycles. The average molecular weight is 318 g/mol. The zero-order valence-electron chi connectivity index (χ0n) is 12.7. The van der Waals surface area contributed by atoms with Gasteiger partial charge in [-0.2, -0.15) is 0 Å². The molecule has 6 heteroatoms. The summed E-state index contributed by atoms with van der Waals surface area (Å²) in [6, 6.07) is 9.00. The molecule has 1 unspecified atom stereocenters. The molecular weight excluding hydrogens is 302 g/mol. The molecule has 0 bridgehead atoms. The summed E-state index contributed by atoms with van der Waals surface area (Å²) in [5.74, 6) is -2.77. The fraction of sp³-hybridized carbons (Fsp3) is 0.176. The van der Waals surface area contributed by atoms with Crippen molar-refractivity contribution in [1.82, 2.24) is 4.90 Å². The molecule has 0 heterocycles. The highest BCUT2D eigenvalue weighted by molar-refractivity contribution is 5.97. The first-order valence-corrected chi connectivity index (χ1v) is 6.93. The van der Waals surface area contributed by atoms with E-state index in [0.29, 0.717) is 16.7 Å². The van der Waals surface area contributed by atoms with Gasteiger partial charge in [-0.3, -0.25) is 9.59 Å². The topological polar surface area (TPSA) is 63.4 Å². The molecule has 2 rings (SSSR count). The summed E-state index contributed by atoms with van der Waals surface area (Å²) in [6.07, 6.45) is 0. The van der Waals surface area contributed by atoms with Crippen molar-refractivity contribution in [3.8, 4) is 0 Å². The molecule has 0 spiro atoms. The highest BCUT2D eigenvalue weighted by atomic mass is 19.2. The second kappa shape index (κ2) is 6.56. The molecule has 2 aromatic carbocycles. The third-order valence-electron chi connectivity index (χ3n) is 3.74. The van der Waals surface area contributed by atoms with E-state index in [1.807, 2.05) is 0 Å². The molecular formula is C17H16F2N2O2. The standard InChI is InChI=1S/C17H16F2N2O2/c1-10(13-7-8-14(18)15(19)9-13)21(2)17(23)12-5-3-11(4-6-12)16(20)22/h3-10H,1-2H3,(H2,20,22). The van der Waals surface area contributed by atoms with Crippen molar-refractivity contribution >= 4 is 11.8 Å². The van der Waals surface area contributed by atoms with Crippen LogP contribution in [0, 0.1) is 11.6 Å². The van der Waals surface area contributed by atoms with Crippen molar-refractivity contribution in [2.45, 2.75) is 13.0 Å². The van der Waals surface area contributed by atoms with Gasteiger partial charge in [-0.25, -0.2) is 8.78 Å². The van der Waals surface area contributed by atoms with Gasteiger partial charge in [-0.15, -0.1) is 0 Å². The van der Waals surface area contributed by atoms with Gasteiger partial charge in [0.15, 0.2) is 11.6 Å². The van der Waals surface area contributed by atoms with Gasteiger partial charge < -0.3 is 10.6 Å². The number of primary amides is 1. The number of hydrogen-bond acceptors (Lipinski definition) is 2. The molecule has 2 N–H and O–H groups in total. The van der Waals surface area contributed by atoms with Crippen LogP contribution in [0.25, 0.3) is 0 Å². The van der Waals surface area contributed by atoms with Crippen LogP contribution in [0.3, 0.4) is 0 Å². The quantitative estimate of drug-likeness (QED) is 0.942. The Kier molecular flexibility index (Phi) is 4.74. The normalized spacial score (nSPS) is 11.8. The summed E-state index contributed by atoms with van der Waals surface area (Å²) < 4.78 is 26.3. The Balaban J connectivity index is 2.20. The molecule has 4 nitrogen and oxygen atoms in total. The van der Waals surface area contributed by atoms with Crippen LogP contribution >= 0.6 is 0 Å². The number of carbonyl (C=O) groups excluding carboxylic acids is 2. The molecule has 0 fully saturated rings. The number of carbonyl (C=O) groups is 2. The van der Waals surface area contributed by atoms with Crippen molar-refractivity contribution in [3.63, 3.8) is 0 Å². The summed E-state index contributed by atoms with van der Waals surface area (Å²) in [6.45, 7) is 1.71. The smallest absolute Gasteiger partial charge is 0.254 e. The summed E-state index contributed by atoms with van der Waals surface area (Å²) >= 11 is 0. The third-order valence-corrected chi connectivity index (χ3v) is 3.74. The van der Waals surface area contributed by atoms with Gasteiger partial charge in [-0.1, -0.05) is 6.07 Å². The minimum atomic E-state index is -0.957. The minimum absolute atomic E-state index is 0.304. The zero-order chi connectivity index (χ0) is 17.1. The molecule has 23 heavy (non-hydrogen) atoms. The van der Waals surface area contributed by atoms with Gasteiger partial charge in [0.05, 0.1) is 6.04 Å². The average Bonchev–Trinajstić information content (AvgIpc) is 2.55. The van der Waals surface area contributed by atoms with E-state index in [-0.39, 0.29) is 5.91 Å². The fourth-order valence-corrected chi connectivity index (χ4v) is 2.15. The van der Waals surface area contributed by atoms with E-state index in [2.05, 4.69) is 0 Å². The molecule has 2 amide bonds. The van der Waals surface area contributed by atoms with Gasteiger partial charge >= 0.3 is 0 Å². The lowest BCUT2D eigenvalue weighted by molar-refractivity contribution is 0.0742. The van der Waals surface area contributed by atoms with Crippen molar-refractivity contribution < 1.29 is 18.4 Å². The summed E-state index contributed by atoms with van der Waals surface area (Å²) in [5.41, 5.74) is 6.30. The Morgan fingerprint density at radius 2 is 1.57 bits per heavy atom. The SMILES string of the molecule is CC(c1ccc(F)c(F)c1)N(C)C(=O)c1ccc(C(N)=O)cc1. The summed E-state index contributed by atoms with van der Waals surface area (Å²) in [5, 5.41) is 0. The van der Waals surface area contributed by atoms with Crippen LogP contribution in [-0.2, 0) is 0 Å². The van der Waals surface area contributed by atoms with Crippen LogP contribution in [-0.4, -0.2) is 23.8 Å². The molecule has 0 saturated heterocycles. The van der Waals surface area contributed by atoms with Crippen molar-refractivity contribution in [2.24, 2.45) is 5.73 Å². The summed E-state index contributed by atoms with van der Waals surface area (Å²) in [4.78, 5) is 24.9. The Morgan fingerprint density at radius 1 is 1.00 bits per heavy atom. The first-order chi connectivity index (χ1) is 10.8. The first-order valence-electron chi connectivity index (χ1n) is 6.93. The second-order valence-electron chi connectivity index (χ2n) is 5.21. The number of halogens is 2. The van der Waals surface area contributed by atoms with Gasteiger partial charge in [-0.05, 0) is 48.9 Å². The largest absolute Gasteiger partial charge is 0.366 e. The highest BCUT2D eigenvalue weighted by Crippen LogP contribution is 2.22. The van der Waals surface area contributed by atoms with E-state index in [1.165, 1.54) is 35.2 Å². The number of benzene rings is 2. The third kappa shape index (κ3) is 3.53. The molecule has 0 aliphatic heterocycles. The fourth-order valence-electron chi connectivity index (χ4n) is 2.15. The van der Waals surface area contributed by atoms with Crippen molar-refractivity contribution in [3.05, 3.63) is 70.8 Å². The van der Waals surface area contributed by atoms with E-state index in [1.54, 1.807) is 14.0 Å². The van der Waals surface area contributed by atoms with E-state index in [9.17, 15) is 18.4 Å². The molecule has 120 valence electrons. The van der Waals surface area contributed by atoms with E-state index >= 15 is 0 Å². The predicted octanol–water partition coefficient (Wildman–Crippen LogP) is 2.90. The van der Waals surface area contributed by atoms with Gasteiger partial charge in [0.1, 0.15) is 0 Å². The highest BCUT2D eigenvalue weighted by Gasteiger charge is 2.20. The minimum Gasteiger partial charge on any atom is -0.366 e. The number of hydrogen-bond donors (Lipinski definition) is 1. The zero-order valence-corrected chi connectivity index (χ0v) is 12.7. The number of rotatable bonds is 4. The van der Waals surface area contributed by atoms with E-state index < -0.39 is 23.6 Å². The maximum atomic E-state index is 13.3. The van der Waals surface area contributed by atoms with Crippen LogP contribution in [0.1, 0.15) is 39.2 Å². The lowest BCUT2D eigenvalue weighted by Crippen LogP contribution is -2.29. The maximum absolute atomic E-state index is 13.3. The van der Waals surface area contributed by atoms with Crippen LogP contribution in [0.5, 0.6) is 0 Å². The van der Waals surface area contributed by atoms with Crippen molar-refractivity contribution in [1.29, 1.82) is 0 Å². The van der Waals surface area contributed by atoms with Gasteiger partial charge in [0, 0.05) is 18.2 Å².